The van der Waals surface area contributed by atoms with Crippen molar-refractivity contribution < 1.29 is 8.81 Å². The minimum absolute atomic E-state index is 0.310. The molecule has 1 aromatic carbocycles. The molecular weight excluding hydrogens is 277 g/mol. The lowest BCUT2D eigenvalue weighted by molar-refractivity contribution is 0.499. The maximum absolute atomic E-state index is 13.6. The fraction of sp³-hybridized carbons (Fsp3) is 0.500. The van der Waals surface area contributed by atoms with Crippen LogP contribution in [0, 0.1) is 11.7 Å². The monoisotopic (exact) mass is 295 g/mol. The second-order valence-corrected chi connectivity index (χ2v) is 6.43. The van der Waals surface area contributed by atoms with Crippen molar-refractivity contribution in [3.05, 3.63) is 34.3 Å². The van der Waals surface area contributed by atoms with Gasteiger partial charge in [-0.25, -0.2) is 4.39 Å². The highest BCUT2D eigenvalue weighted by atomic mass is 35.5. The molecule has 1 aliphatic rings. The number of rotatable bonds is 5. The van der Waals surface area contributed by atoms with Gasteiger partial charge in [0.05, 0.1) is 11.6 Å². The molecule has 1 N–H and O–H groups in total. The highest BCUT2D eigenvalue weighted by molar-refractivity contribution is 6.34. The van der Waals surface area contributed by atoms with Crippen molar-refractivity contribution in [3.8, 4) is 0 Å². The third kappa shape index (κ3) is 2.84. The first-order valence-corrected chi connectivity index (χ1v) is 7.55. The number of halogens is 2. The van der Waals surface area contributed by atoms with E-state index in [9.17, 15) is 4.39 Å². The second kappa shape index (κ2) is 5.38. The molecule has 1 fully saturated rings. The van der Waals surface area contributed by atoms with E-state index in [1.165, 1.54) is 25.0 Å². The van der Waals surface area contributed by atoms with Crippen LogP contribution in [-0.4, -0.2) is 6.04 Å². The SMILES string of the molecule is CC(C)Cc1c(CNC2CC2)oc2c(Cl)cc(F)cc12. The molecular formula is C16H19ClFNO. The number of fused-ring (bicyclic) bond motifs is 1. The third-order valence-electron chi connectivity index (χ3n) is 3.64. The lowest BCUT2D eigenvalue weighted by atomic mass is 9.99. The van der Waals surface area contributed by atoms with Gasteiger partial charge in [-0.3, -0.25) is 0 Å². The summed E-state index contributed by atoms with van der Waals surface area (Å²) in [5, 5.41) is 4.62. The molecule has 0 aliphatic heterocycles. The van der Waals surface area contributed by atoms with Crippen molar-refractivity contribution in [1.29, 1.82) is 0 Å². The van der Waals surface area contributed by atoms with E-state index in [0.717, 1.165) is 23.1 Å². The Labute approximate surface area is 123 Å². The summed E-state index contributed by atoms with van der Waals surface area (Å²) >= 11 is 6.11. The molecule has 0 unspecified atom stereocenters. The average Bonchev–Trinajstić information content (AvgIpc) is 3.12. The van der Waals surface area contributed by atoms with Crippen LogP contribution in [0.5, 0.6) is 0 Å². The van der Waals surface area contributed by atoms with Crippen LogP contribution < -0.4 is 5.32 Å². The molecule has 1 aromatic heterocycles. The molecule has 2 aromatic rings. The van der Waals surface area contributed by atoms with Gasteiger partial charge in [0.1, 0.15) is 11.6 Å². The lowest BCUT2D eigenvalue weighted by Gasteiger charge is -2.07. The predicted octanol–water partition coefficient (Wildman–Crippen LogP) is 4.68. The molecule has 0 spiro atoms. The van der Waals surface area contributed by atoms with Gasteiger partial charge in [-0.05, 0) is 37.3 Å². The van der Waals surface area contributed by atoms with E-state index >= 15 is 0 Å². The number of furan rings is 1. The summed E-state index contributed by atoms with van der Waals surface area (Å²) in [5.74, 6) is 1.07. The van der Waals surface area contributed by atoms with Gasteiger partial charge in [-0.1, -0.05) is 25.4 Å². The van der Waals surface area contributed by atoms with Gasteiger partial charge in [0.15, 0.2) is 5.58 Å². The Kier molecular flexibility index (Phi) is 3.74. The highest BCUT2D eigenvalue weighted by Crippen LogP contribution is 2.34. The Morgan fingerprint density at radius 3 is 2.80 bits per heavy atom. The molecule has 0 bridgehead atoms. The van der Waals surface area contributed by atoms with Crippen LogP contribution in [0.2, 0.25) is 5.02 Å². The first kappa shape index (κ1) is 13.9. The van der Waals surface area contributed by atoms with Gasteiger partial charge >= 0.3 is 0 Å². The summed E-state index contributed by atoms with van der Waals surface area (Å²) in [6.07, 6.45) is 3.33. The number of hydrogen-bond donors (Lipinski definition) is 1. The zero-order valence-electron chi connectivity index (χ0n) is 11.8. The van der Waals surface area contributed by atoms with Crippen LogP contribution in [-0.2, 0) is 13.0 Å². The Hall–Kier alpha value is -1.06. The van der Waals surface area contributed by atoms with E-state index in [1.54, 1.807) is 0 Å². The Bertz CT molecular complexity index is 631. The van der Waals surface area contributed by atoms with Crippen LogP contribution in [0.25, 0.3) is 11.0 Å². The smallest absolute Gasteiger partial charge is 0.153 e. The standard InChI is InChI=1S/C16H19ClFNO/c1-9(2)5-12-13-6-10(18)7-14(17)16(13)20-15(12)8-19-11-3-4-11/h6-7,9,11,19H,3-5,8H2,1-2H3. The van der Waals surface area contributed by atoms with E-state index in [0.29, 0.717) is 29.1 Å². The Morgan fingerprint density at radius 1 is 1.40 bits per heavy atom. The molecule has 108 valence electrons. The van der Waals surface area contributed by atoms with Gasteiger partial charge in [0.25, 0.3) is 0 Å². The predicted molar refractivity (Wildman–Crippen MR) is 79.6 cm³/mol. The second-order valence-electron chi connectivity index (χ2n) is 6.02. The summed E-state index contributed by atoms with van der Waals surface area (Å²) in [7, 11) is 0. The average molecular weight is 296 g/mol. The van der Waals surface area contributed by atoms with Crippen molar-refractivity contribution >= 4 is 22.6 Å². The highest BCUT2D eigenvalue weighted by Gasteiger charge is 2.23. The quantitative estimate of drug-likeness (QED) is 0.866. The van der Waals surface area contributed by atoms with Crippen LogP contribution in [0.1, 0.15) is 38.0 Å². The van der Waals surface area contributed by atoms with Crippen LogP contribution in [0.4, 0.5) is 4.39 Å². The molecule has 0 radical (unpaired) electrons. The number of benzene rings is 1. The van der Waals surface area contributed by atoms with E-state index < -0.39 is 0 Å². The van der Waals surface area contributed by atoms with E-state index in [-0.39, 0.29) is 5.82 Å². The van der Waals surface area contributed by atoms with Crippen LogP contribution >= 0.6 is 11.6 Å². The molecule has 0 amide bonds. The van der Waals surface area contributed by atoms with Crippen molar-refractivity contribution in [2.24, 2.45) is 5.92 Å². The minimum Gasteiger partial charge on any atom is -0.458 e. The first-order valence-electron chi connectivity index (χ1n) is 7.17. The molecule has 0 saturated heterocycles. The van der Waals surface area contributed by atoms with Gasteiger partial charge in [0.2, 0.25) is 0 Å². The van der Waals surface area contributed by atoms with Crippen molar-refractivity contribution in [2.45, 2.75) is 45.7 Å². The molecule has 1 aliphatic carbocycles. The summed E-state index contributed by atoms with van der Waals surface area (Å²) in [6.45, 7) is 5.00. The molecule has 1 heterocycles. The number of hydrogen-bond acceptors (Lipinski definition) is 2. The maximum atomic E-state index is 13.6. The van der Waals surface area contributed by atoms with E-state index in [1.807, 2.05) is 0 Å². The summed E-state index contributed by atoms with van der Waals surface area (Å²) < 4.78 is 19.5. The lowest BCUT2D eigenvalue weighted by Crippen LogP contribution is -2.16. The number of nitrogens with one attached hydrogen (secondary N) is 1. The van der Waals surface area contributed by atoms with Gasteiger partial charge in [-0.15, -0.1) is 0 Å². The first-order chi connectivity index (χ1) is 9.54. The van der Waals surface area contributed by atoms with Crippen LogP contribution in [0.15, 0.2) is 16.5 Å². The normalized spacial score (nSPS) is 15.4. The van der Waals surface area contributed by atoms with Gasteiger partial charge in [0, 0.05) is 17.0 Å². The summed E-state index contributed by atoms with van der Waals surface area (Å²) in [4.78, 5) is 0. The Morgan fingerprint density at radius 2 is 2.15 bits per heavy atom. The molecule has 3 rings (SSSR count). The van der Waals surface area contributed by atoms with Crippen LogP contribution in [0.3, 0.4) is 0 Å². The van der Waals surface area contributed by atoms with Crippen molar-refractivity contribution in [3.63, 3.8) is 0 Å². The summed E-state index contributed by atoms with van der Waals surface area (Å²) in [5.41, 5.74) is 1.70. The summed E-state index contributed by atoms with van der Waals surface area (Å²) in [6, 6.07) is 3.45. The minimum atomic E-state index is -0.310. The Balaban J connectivity index is 2.03. The van der Waals surface area contributed by atoms with Gasteiger partial charge < -0.3 is 9.73 Å². The van der Waals surface area contributed by atoms with Crippen molar-refractivity contribution in [2.75, 3.05) is 0 Å². The largest absolute Gasteiger partial charge is 0.458 e. The third-order valence-corrected chi connectivity index (χ3v) is 3.92. The topological polar surface area (TPSA) is 25.2 Å². The van der Waals surface area contributed by atoms with E-state index in [2.05, 4.69) is 19.2 Å². The fourth-order valence-electron chi connectivity index (χ4n) is 2.52. The van der Waals surface area contributed by atoms with Crippen molar-refractivity contribution in [1.82, 2.24) is 5.32 Å². The molecule has 4 heteroatoms. The zero-order chi connectivity index (χ0) is 14.3. The fourth-order valence-corrected chi connectivity index (χ4v) is 2.77. The van der Waals surface area contributed by atoms with Gasteiger partial charge in [-0.2, -0.15) is 0 Å². The maximum Gasteiger partial charge on any atom is 0.153 e. The molecule has 20 heavy (non-hydrogen) atoms. The zero-order valence-corrected chi connectivity index (χ0v) is 12.6. The molecule has 0 atom stereocenters. The molecule has 2 nitrogen and oxygen atoms in total. The van der Waals surface area contributed by atoms with E-state index in [4.69, 9.17) is 16.0 Å². The molecule has 1 saturated carbocycles.